The van der Waals surface area contributed by atoms with Crippen LogP contribution in [0.3, 0.4) is 0 Å². The summed E-state index contributed by atoms with van der Waals surface area (Å²) >= 11 is 1.77. The van der Waals surface area contributed by atoms with Gasteiger partial charge in [0.15, 0.2) is 0 Å². The molecule has 3 amide bonds. The molecule has 8 heteroatoms. The van der Waals surface area contributed by atoms with Crippen molar-refractivity contribution in [2.24, 2.45) is 0 Å². The van der Waals surface area contributed by atoms with E-state index in [-0.39, 0.29) is 24.8 Å². The van der Waals surface area contributed by atoms with E-state index in [0.717, 1.165) is 18.5 Å². The van der Waals surface area contributed by atoms with Crippen LogP contribution in [0.5, 0.6) is 0 Å². The summed E-state index contributed by atoms with van der Waals surface area (Å²) < 4.78 is 12.9. The molecule has 33 heavy (non-hydrogen) atoms. The van der Waals surface area contributed by atoms with Crippen molar-refractivity contribution in [1.82, 2.24) is 16.0 Å². The number of halogens is 1. The van der Waals surface area contributed by atoms with E-state index >= 15 is 0 Å². The fourth-order valence-electron chi connectivity index (χ4n) is 3.56. The molecule has 3 aromatic carbocycles. The van der Waals surface area contributed by atoms with E-state index in [2.05, 4.69) is 45.1 Å². The summed E-state index contributed by atoms with van der Waals surface area (Å²) in [6, 6.07) is 22.1. The van der Waals surface area contributed by atoms with Crippen LogP contribution in [0.2, 0.25) is 0 Å². The van der Waals surface area contributed by atoms with Gasteiger partial charge in [0.2, 0.25) is 5.91 Å². The monoisotopic (exact) mass is 464 g/mol. The highest BCUT2D eigenvalue weighted by Crippen LogP contribution is 2.47. The average Bonchev–Trinajstić information content (AvgIpc) is 2.84. The molecular weight excluding hydrogens is 439 g/mol. The number of hydrogen-bond acceptors (Lipinski definition) is 4. The molecule has 0 unspecified atom stereocenters. The van der Waals surface area contributed by atoms with Crippen LogP contribution in [0.4, 0.5) is 20.6 Å². The van der Waals surface area contributed by atoms with Gasteiger partial charge < -0.3 is 20.9 Å². The fourth-order valence-corrected chi connectivity index (χ4v) is 4.65. The second kappa shape index (κ2) is 10.9. The quantitative estimate of drug-likeness (QED) is 0.431. The number of amides is 3. The van der Waals surface area contributed by atoms with Crippen molar-refractivity contribution in [2.45, 2.75) is 22.8 Å². The smallest absolute Gasteiger partial charge is 0.315 e. The summed E-state index contributed by atoms with van der Waals surface area (Å²) in [5.41, 5.74) is 3.12. The highest BCUT2D eigenvalue weighted by atomic mass is 32.2. The third kappa shape index (κ3) is 6.04. The van der Waals surface area contributed by atoms with Crippen molar-refractivity contribution in [1.29, 1.82) is 0 Å². The van der Waals surface area contributed by atoms with Gasteiger partial charge in [0.1, 0.15) is 5.82 Å². The Labute approximate surface area is 196 Å². The number of urea groups is 1. The number of anilines is 2. The number of nitrogens with one attached hydrogen (secondary N) is 3. The number of para-hydroxylation sites is 2. The lowest BCUT2D eigenvalue weighted by atomic mass is 10.2. The van der Waals surface area contributed by atoms with Gasteiger partial charge in [0.05, 0.1) is 17.9 Å². The number of rotatable bonds is 8. The normalized spacial score (nSPS) is 11.8. The minimum atomic E-state index is -0.450. The van der Waals surface area contributed by atoms with Crippen LogP contribution in [0.1, 0.15) is 12.0 Å². The van der Waals surface area contributed by atoms with E-state index in [0.29, 0.717) is 6.54 Å². The third-order valence-electron chi connectivity index (χ3n) is 5.19. The molecule has 1 heterocycles. The standard InChI is InChI=1S/C25H25FN4O2S/c26-19-12-10-18(11-13-19)16-28-25(32)29-17-24(31)27-14-5-15-30-20-6-1-3-8-22(20)33-23-9-4-2-7-21(23)30/h1-4,6-13H,5,14-17H2,(H,27,31)(H2,28,29,32). The Morgan fingerprint density at radius 3 is 2.12 bits per heavy atom. The maximum absolute atomic E-state index is 12.9. The van der Waals surface area contributed by atoms with E-state index in [1.165, 1.54) is 33.3 Å². The summed E-state index contributed by atoms with van der Waals surface area (Å²) in [5, 5.41) is 8.02. The van der Waals surface area contributed by atoms with Crippen molar-refractivity contribution in [3.63, 3.8) is 0 Å². The largest absolute Gasteiger partial charge is 0.355 e. The first-order chi connectivity index (χ1) is 16.1. The van der Waals surface area contributed by atoms with Gasteiger partial charge in [-0.3, -0.25) is 4.79 Å². The molecule has 1 aliphatic heterocycles. The molecule has 4 rings (SSSR count). The van der Waals surface area contributed by atoms with E-state index in [1.807, 2.05) is 24.3 Å². The zero-order chi connectivity index (χ0) is 23.0. The van der Waals surface area contributed by atoms with Gasteiger partial charge in [-0.15, -0.1) is 0 Å². The number of nitrogens with zero attached hydrogens (tertiary/aromatic N) is 1. The maximum atomic E-state index is 12.9. The van der Waals surface area contributed by atoms with Crippen molar-refractivity contribution in [3.8, 4) is 0 Å². The van der Waals surface area contributed by atoms with E-state index in [1.54, 1.807) is 23.9 Å². The fraction of sp³-hybridized carbons (Fsp3) is 0.200. The molecule has 0 spiro atoms. The van der Waals surface area contributed by atoms with Crippen LogP contribution in [0.25, 0.3) is 0 Å². The van der Waals surface area contributed by atoms with Crippen LogP contribution in [-0.2, 0) is 11.3 Å². The molecule has 0 aromatic heterocycles. The van der Waals surface area contributed by atoms with Crippen molar-refractivity contribution >= 4 is 35.1 Å². The van der Waals surface area contributed by atoms with Crippen molar-refractivity contribution in [3.05, 3.63) is 84.2 Å². The molecule has 0 fully saturated rings. The predicted molar refractivity (Wildman–Crippen MR) is 128 cm³/mol. The highest BCUT2D eigenvalue weighted by Gasteiger charge is 2.22. The lowest BCUT2D eigenvalue weighted by Crippen LogP contribution is -2.42. The predicted octanol–water partition coefficient (Wildman–Crippen LogP) is 4.43. The SMILES string of the molecule is O=C(CNC(=O)NCc1ccc(F)cc1)NCCCN1c2ccccc2Sc2ccccc21. The minimum Gasteiger partial charge on any atom is -0.355 e. The molecule has 6 nitrogen and oxygen atoms in total. The Kier molecular flexibility index (Phi) is 7.47. The van der Waals surface area contributed by atoms with Crippen LogP contribution in [0.15, 0.2) is 82.6 Å². The zero-order valence-corrected chi connectivity index (χ0v) is 18.8. The van der Waals surface area contributed by atoms with Crippen molar-refractivity contribution < 1.29 is 14.0 Å². The van der Waals surface area contributed by atoms with Gasteiger partial charge in [-0.25, -0.2) is 9.18 Å². The van der Waals surface area contributed by atoms with Crippen molar-refractivity contribution in [2.75, 3.05) is 24.5 Å². The lowest BCUT2D eigenvalue weighted by Gasteiger charge is -2.32. The molecule has 0 saturated heterocycles. The molecule has 0 bridgehead atoms. The molecule has 0 atom stereocenters. The lowest BCUT2D eigenvalue weighted by molar-refractivity contribution is -0.120. The summed E-state index contributed by atoms with van der Waals surface area (Å²) in [6.45, 7) is 1.41. The van der Waals surface area contributed by atoms with Crippen LogP contribution < -0.4 is 20.9 Å². The van der Waals surface area contributed by atoms with E-state index in [9.17, 15) is 14.0 Å². The molecule has 0 saturated carbocycles. The first-order valence-corrected chi connectivity index (χ1v) is 11.6. The Bertz CT molecular complexity index is 1080. The third-order valence-corrected chi connectivity index (χ3v) is 6.32. The number of benzene rings is 3. The van der Waals surface area contributed by atoms with Gasteiger partial charge in [-0.2, -0.15) is 0 Å². The van der Waals surface area contributed by atoms with Gasteiger partial charge in [-0.05, 0) is 48.4 Å². The zero-order valence-electron chi connectivity index (χ0n) is 18.0. The number of carbonyl (C=O) groups is 2. The van der Waals surface area contributed by atoms with Crippen LogP contribution in [0, 0.1) is 5.82 Å². The first kappa shape index (κ1) is 22.7. The van der Waals surface area contributed by atoms with Gasteiger partial charge >= 0.3 is 6.03 Å². The number of fused-ring (bicyclic) bond motifs is 2. The van der Waals surface area contributed by atoms with Crippen LogP contribution in [-0.4, -0.2) is 31.6 Å². The summed E-state index contributed by atoms with van der Waals surface area (Å²) in [6.07, 6.45) is 0.760. The molecule has 0 aliphatic carbocycles. The van der Waals surface area contributed by atoms with Gasteiger partial charge in [0, 0.05) is 29.4 Å². The molecule has 1 aliphatic rings. The van der Waals surface area contributed by atoms with E-state index in [4.69, 9.17) is 0 Å². The minimum absolute atomic E-state index is 0.110. The molecule has 170 valence electrons. The summed E-state index contributed by atoms with van der Waals surface area (Å²) in [5.74, 6) is -0.575. The molecule has 0 radical (unpaired) electrons. The maximum Gasteiger partial charge on any atom is 0.315 e. The van der Waals surface area contributed by atoms with Crippen LogP contribution >= 0.6 is 11.8 Å². The topological polar surface area (TPSA) is 73.5 Å². The highest BCUT2D eigenvalue weighted by molar-refractivity contribution is 7.99. The Hall–Kier alpha value is -3.52. The number of carbonyl (C=O) groups excluding carboxylic acids is 2. The second-order valence-electron chi connectivity index (χ2n) is 7.56. The Morgan fingerprint density at radius 2 is 1.45 bits per heavy atom. The summed E-state index contributed by atoms with van der Waals surface area (Å²) in [7, 11) is 0. The summed E-state index contributed by atoms with van der Waals surface area (Å²) in [4.78, 5) is 28.7. The molecule has 3 aromatic rings. The first-order valence-electron chi connectivity index (χ1n) is 10.8. The van der Waals surface area contributed by atoms with E-state index < -0.39 is 6.03 Å². The average molecular weight is 465 g/mol. The Morgan fingerprint density at radius 1 is 0.818 bits per heavy atom. The molecular formula is C25H25FN4O2S. The Balaban J connectivity index is 1.19. The molecule has 3 N–H and O–H groups in total. The van der Waals surface area contributed by atoms with Gasteiger partial charge in [-0.1, -0.05) is 48.2 Å². The van der Waals surface area contributed by atoms with Gasteiger partial charge in [0.25, 0.3) is 0 Å². The number of hydrogen-bond donors (Lipinski definition) is 3. The second-order valence-corrected chi connectivity index (χ2v) is 8.64.